The van der Waals surface area contributed by atoms with Gasteiger partial charge in [-0.3, -0.25) is 9.89 Å². The first kappa shape index (κ1) is 9.24. The van der Waals surface area contributed by atoms with Crippen molar-refractivity contribution in [1.82, 2.24) is 15.5 Å². The summed E-state index contributed by atoms with van der Waals surface area (Å²) >= 11 is 0. The predicted molar refractivity (Wildman–Crippen MR) is 43.1 cm³/mol. The van der Waals surface area contributed by atoms with Crippen molar-refractivity contribution in [3.63, 3.8) is 0 Å². The van der Waals surface area contributed by atoms with E-state index in [4.69, 9.17) is 5.11 Å². The number of hydrogen-bond donors (Lipinski definition) is 3. The average molecular weight is 183 g/mol. The molecule has 0 spiro atoms. The number of aromatic nitrogens is 2. The lowest BCUT2D eigenvalue weighted by Crippen LogP contribution is -2.20. The summed E-state index contributed by atoms with van der Waals surface area (Å²) in [4.78, 5) is 21.1. The molecule has 0 aliphatic heterocycles. The molecule has 0 fully saturated rings. The van der Waals surface area contributed by atoms with E-state index in [0.717, 1.165) is 0 Å². The summed E-state index contributed by atoms with van der Waals surface area (Å²) in [7, 11) is 0. The minimum atomic E-state index is -1.09. The number of nitrogens with one attached hydrogen (secondary N) is 2. The first-order chi connectivity index (χ1) is 6.11. The van der Waals surface area contributed by atoms with E-state index in [2.05, 4.69) is 15.5 Å². The lowest BCUT2D eigenvalue weighted by molar-refractivity contribution is -0.119. The summed E-state index contributed by atoms with van der Waals surface area (Å²) in [5.74, 6) is -1.30. The van der Waals surface area contributed by atoms with Gasteiger partial charge < -0.3 is 10.4 Å². The van der Waals surface area contributed by atoms with Gasteiger partial charge in [-0.2, -0.15) is 5.10 Å². The van der Waals surface area contributed by atoms with E-state index in [1.807, 2.05) is 0 Å². The van der Waals surface area contributed by atoms with Crippen LogP contribution in [0.2, 0.25) is 0 Å². The van der Waals surface area contributed by atoms with Crippen molar-refractivity contribution in [1.29, 1.82) is 0 Å². The zero-order chi connectivity index (χ0) is 9.84. The molecule has 70 valence electrons. The van der Waals surface area contributed by atoms with Crippen LogP contribution in [0.25, 0.3) is 0 Å². The Bertz CT molecular complexity index is 331. The van der Waals surface area contributed by atoms with Crippen LogP contribution in [0.15, 0.2) is 6.20 Å². The monoisotopic (exact) mass is 183 g/mol. The van der Waals surface area contributed by atoms with Crippen LogP contribution < -0.4 is 5.32 Å². The van der Waals surface area contributed by atoms with Gasteiger partial charge in [-0.15, -0.1) is 0 Å². The molecule has 0 unspecified atom stereocenters. The molecule has 0 atom stereocenters. The third kappa shape index (κ3) is 2.29. The quantitative estimate of drug-likeness (QED) is 0.601. The number of aromatic amines is 1. The molecule has 1 heterocycles. The van der Waals surface area contributed by atoms with Gasteiger partial charge in [-0.05, 0) is 0 Å². The van der Waals surface area contributed by atoms with Crippen molar-refractivity contribution in [2.45, 2.75) is 13.5 Å². The van der Waals surface area contributed by atoms with E-state index in [0.29, 0.717) is 5.56 Å². The molecule has 3 N–H and O–H groups in total. The highest BCUT2D eigenvalue weighted by Crippen LogP contribution is 2.03. The Morgan fingerprint density at radius 3 is 2.92 bits per heavy atom. The predicted octanol–water partition coefficient (Wildman–Crippen LogP) is -0.256. The van der Waals surface area contributed by atoms with Crippen LogP contribution in [0.5, 0.6) is 0 Å². The molecule has 6 nitrogen and oxygen atoms in total. The van der Waals surface area contributed by atoms with E-state index < -0.39 is 5.97 Å². The first-order valence-electron chi connectivity index (χ1n) is 3.61. The molecule has 0 saturated heterocycles. The fraction of sp³-hybridized carbons (Fsp3) is 0.286. The van der Waals surface area contributed by atoms with Crippen LogP contribution in [0, 0.1) is 0 Å². The van der Waals surface area contributed by atoms with Crippen molar-refractivity contribution < 1.29 is 14.7 Å². The second-order valence-corrected chi connectivity index (χ2v) is 2.49. The standard InChI is InChI=1S/C7H9N3O3/c1-4(11)8-2-5-3-9-10-6(5)7(12)13/h3H,2H2,1H3,(H,8,11)(H,9,10)(H,12,13). The number of hydrogen-bond acceptors (Lipinski definition) is 3. The van der Waals surface area contributed by atoms with Gasteiger partial charge in [0.1, 0.15) is 5.69 Å². The number of nitrogens with zero attached hydrogens (tertiary/aromatic N) is 1. The number of carboxylic acids is 1. The molecule has 0 aliphatic rings. The second-order valence-electron chi connectivity index (χ2n) is 2.49. The fourth-order valence-corrected chi connectivity index (χ4v) is 0.850. The summed E-state index contributed by atoms with van der Waals surface area (Å²) in [6.45, 7) is 1.54. The van der Waals surface area contributed by atoms with Gasteiger partial charge in [-0.1, -0.05) is 0 Å². The van der Waals surface area contributed by atoms with Crippen LogP contribution in [-0.4, -0.2) is 27.2 Å². The zero-order valence-electron chi connectivity index (χ0n) is 7.00. The van der Waals surface area contributed by atoms with Gasteiger partial charge in [0.15, 0.2) is 0 Å². The maximum Gasteiger partial charge on any atom is 0.354 e. The van der Waals surface area contributed by atoms with Crippen molar-refractivity contribution in [2.75, 3.05) is 0 Å². The average Bonchev–Trinajstić information content (AvgIpc) is 2.47. The molecule has 1 rings (SSSR count). The number of carbonyl (C=O) groups excluding carboxylic acids is 1. The van der Waals surface area contributed by atoms with E-state index in [9.17, 15) is 9.59 Å². The number of carbonyl (C=O) groups is 2. The van der Waals surface area contributed by atoms with Crippen molar-refractivity contribution in [3.05, 3.63) is 17.5 Å². The summed E-state index contributed by atoms with van der Waals surface area (Å²) in [5, 5.41) is 17.0. The molecular weight excluding hydrogens is 174 g/mol. The Kier molecular flexibility index (Phi) is 2.63. The van der Waals surface area contributed by atoms with Gasteiger partial charge in [0.05, 0.1) is 6.20 Å². The van der Waals surface area contributed by atoms with Crippen LogP contribution in [0.4, 0.5) is 0 Å². The Hall–Kier alpha value is -1.85. The Morgan fingerprint density at radius 1 is 1.69 bits per heavy atom. The van der Waals surface area contributed by atoms with Gasteiger partial charge in [-0.25, -0.2) is 4.79 Å². The highest BCUT2D eigenvalue weighted by atomic mass is 16.4. The minimum absolute atomic E-state index is 0.00810. The highest BCUT2D eigenvalue weighted by Gasteiger charge is 2.11. The summed E-state index contributed by atoms with van der Waals surface area (Å²) in [6.07, 6.45) is 1.37. The van der Waals surface area contributed by atoms with Gasteiger partial charge >= 0.3 is 5.97 Å². The lowest BCUT2D eigenvalue weighted by atomic mass is 10.2. The number of amides is 1. The van der Waals surface area contributed by atoms with E-state index in [-0.39, 0.29) is 18.1 Å². The van der Waals surface area contributed by atoms with E-state index in [1.54, 1.807) is 0 Å². The molecule has 0 aliphatic carbocycles. The van der Waals surface area contributed by atoms with Gasteiger partial charge in [0, 0.05) is 19.0 Å². The maximum atomic E-state index is 10.5. The Balaban J connectivity index is 2.71. The number of carboxylic acid groups (broad SMARTS) is 1. The van der Waals surface area contributed by atoms with Crippen LogP contribution >= 0.6 is 0 Å². The topological polar surface area (TPSA) is 95.1 Å². The molecule has 1 amide bonds. The van der Waals surface area contributed by atoms with Crippen molar-refractivity contribution in [3.8, 4) is 0 Å². The fourth-order valence-electron chi connectivity index (χ4n) is 0.850. The van der Waals surface area contributed by atoms with Crippen molar-refractivity contribution in [2.24, 2.45) is 0 Å². The summed E-state index contributed by atoms with van der Waals surface area (Å²) in [5.41, 5.74) is 0.469. The second kappa shape index (κ2) is 3.70. The molecule has 6 heteroatoms. The summed E-state index contributed by atoms with van der Waals surface area (Å²) in [6, 6.07) is 0. The molecule has 0 aromatic carbocycles. The molecule has 1 aromatic heterocycles. The third-order valence-electron chi connectivity index (χ3n) is 1.46. The minimum Gasteiger partial charge on any atom is -0.477 e. The molecule has 1 aromatic rings. The maximum absolute atomic E-state index is 10.5. The SMILES string of the molecule is CC(=O)NCc1cn[nH]c1C(=O)O. The third-order valence-corrected chi connectivity index (χ3v) is 1.46. The first-order valence-corrected chi connectivity index (χ1v) is 3.61. The highest BCUT2D eigenvalue weighted by molar-refractivity contribution is 5.87. The largest absolute Gasteiger partial charge is 0.477 e. The van der Waals surface area contributed by atoms with Crippen LogP contribution in [-0.2, 0) is 11.3 Å². The van der Waals surface area contributed by atoms with Gasteiger partial charge in [0.2, 0.25) is 5.91 Å². The van der Waals surface area contributed by atoms with E-state index >= 15 is 0 Å². The molecule has 0 radical (unpaired) electrons. The van der Waals surface area contributed by atoms with Gasteiger partial charge in [0.25, 0.3) is 0 Å². The Morgan fingerprint density at radius 2 is 2.38 bits per heavy atom. The Labute approximate surface area is 74.0 Å². The summed E-state index contributed by atoms with van der Waals surface area (Å²) < 4.78 is 0. The number of H-pyrrole nitrogens is 1. The normalized spacial score (nSPS) is 9.62. The lowest BCUT2D eigenvalue weighted by Gasteiger charge is -1.99. The number of rotatable bonds is 3. The molecule has 13 heavy (non-hydrogen) atoms. The molecular formula is C7H9N3O3. The molecule has 0 bridgehead atoms. The van der Waals surface area contributed by atoms with E-state index in [1.165, 1.54) is 13.1 Å². The zero-order valence-corrected chi connectivity index (χ0v) is 7.00. The van der Waals surface area contributed by atoms with Crippen molar-refractivity contribution >= 4 is 11.9 Å². The molecule has 0 saturated carbocycles. The van der Waals surface area contributed by atoms with Crippen LogP contribution in [0.3, 0.4) is 0 Å². The van der Waals surface area contributed by atoms with Crippen LogP contribution in [0.1, 0.15) is 23.0 Å². The number of aromatic carboxylic acids is 1. The smallest absolute Gasteiger partial charge is 0.354 e.